The van der Waals surface area contributed by atoms with Crippen molar-refractivity contribution in [3.63, 3.8) is 0 Å². The van der Waals surface area contributed by atoms with Crippen LogP contribution in [0.15, 0.2) is 22.7 Å². The topological polar surface area (TPSA) is 29.5 Å². The predicted molar refractivity (Wildman–Crippen MR) is 44.6 cm³/mol. The van der Waals surface area contributed by atoms with Gasteiger partial charge >= 0.3 is 0 Å². The van der Waals surface area contributed by atoms with E-state index in [-0.39, 0.29) is 0 Å². The summed E-state index contributed by atoms with van der Waals surface area (Å²) in [7, 11) is 0. The summed E-state index contributed by atoms with van der Waals surface area (Å²) in [6, 6.07) is 5.64. The molecule has 0 saturated heterocycles. The Morgan fingerprint density at radius 1 is 1.55 bits per heavy atom. The van der Waals surface area contributed by atoms with Gasteiger partial charge in [0.05, 0.1) is 0 Å². The molecule has 0 aliphatic carbocycles. The lowest BCUT2D eigenvalue weighted by Crippen LogP contribution is -1.97. The van der Waals surface area contributed by atoms with Gasteiger partial charge in [0.25, 0.3) is 0 Å². The van der Waals surface area contributed by atoms with Crippen LogP contribution in [0.3, 0.4) is 0 Å². The number of fused-ring (bicyclic) bond motifs is 1. The van der Waals surface area contributed by atoms with E-state index in [0.29, 0.717) is 6.61 Å². The zero-order valence-electron chi connectivity index (χ0n) is 5.75. The molecule has 58 valence electrons. The minimum Gasteiger partial charge on any atom is -0.490 e. The molecule has 2 nitrogen and oxygen atoms in total. The normalized spacial score (nSPS) is 21.1. The molecule has 3 heteroatoms. The zero-order valence-corrected chi connectivity index (χ0v) is 7.34. The van der Waals surface area contributed by atoms with Crippen molar-refractivity contribution in [2.24, 2.45) is 0 Å². The van der Waals surface area contributed by atoms with E-state index in [0.717, 1.165) is 15.8 Å². The SMILES string of the molecule is O[C@H]1COc2cc(Br)ccc21. The second kappa shape index (κ2) is 2.50. The third-order valence-electron chi connectivity index (χ3n) is 1.73. The first-order chi connectivity index (χ1) is 5.27. The van der Waals surface area contributed by atoms with Gasteiger partial charge in [0.15, 0.2) is 0 Å². The molecule has 11 heavy (non-hydrogen) atoms. The smallest absolute Gasteiger partial charge is 0.126 e. The van der Waals surface area contributed by atoms with Gasteiger partial charge in [-0.25, -0.2) is 0 Å². The second-order valence-electron chi connectivity index (χ2n) is 2.51. The summed E-state index contributed by atoms with van der Waals surface area (Å²) >= 11 is 3.32. The number of benzene rings is 1. The molecule has 1 atom stereocenters. The highest BCUT2D eigenvalue weighted by Gasteiger charge is 2.21. The van der Waals surface area contributed by atoms with Crippen LogP contribution in [0.5, 0.6) is 5.75 Å². The number of aliphatic hydroxyl groups excluding tert-OH is 1. The van der Waals surface area contributed by atoms with Crippen LogP contribution in [-0.2, 0) is 0 Å². The fourth-order valence-electron chi connectivity index (χ4n) is 1.17. The molecule has 0 spiro atoms. The van der Waals surface area contributed by atoms with Crippen molar-refractivity contribution in [1.82, 2.24) is 0 Å². The summed E-state index contributed by atoms with van der Waals surface area (Å²) in [6.45, 7) is 0.381. The molecule has 1 aliphatic rings. The van der Waals surface area contributed by atoms with E-state index in [2.05, 4.69) is 15.9 Å². The molecule has 0 amide bonds. The average molecular weight is 215 g/mol. The number of rotatable bonds is 0. The van der Waals surface area contributed by atoms with E-state index in [9.17, 15) is 5.11 Å². The standard InChI is InChI=1S/C8H7BrO2/c9-5-1-2-6-7(10)4-11-8(6)3-5/h1-3,7,10H,4H2/t7-/m0/s1. The van der Waals surface area contributed by atoms with Crippen LogP contribution in [0.1, 0.15) is 11.7 Å². The fourth-order valence-corrected chi connectivity index (χ4v) is 1.51. The van der Waals surface area contributed by atoms with Crippen molar-refractivity contribution < 1.29 is 9.84 Å². The summed E-state index contributed by atoms with van der Waals surface area (Å²) in [5.74, 6) is 0.784. The third kappa shape index (κ3) is 1.14. The molecule has 1 heterocycles. The van der Waals surface area contributed by atoms with Gasteiger partial charge in [-0.05, 0) is 12.1 Å². The van der Waals surface area contributed by atoms with Crippen LogP contribution >= 0.6 is 15.9 Å². The van der Waals surface area contributed by atoms with Gasteiger partial charge in [-0.1, -0.05) is 22.0 Å². The molecule has 0 bridgehead atoms. The van der Waals surface area contributed by atoms with E-state index in [1.54, 1.807) is 0 Å². The van der Waals surface area contributed by atoms with Crippen LogP contribution in [0, 0.1) is 0 Å². The Balaban J connectivity index is 2.50. The molecule has 1 aromatic rings. The molecular formula is C8H7BrO2. The second-order valence-corrected chi connectivity index (χ2v) is 3.42. The fraction of sp³-hybridized carbons (Fsp3) is 0.250. The minimum absolute atomic E-state index is 0.381. The van der Waals surface area contributed by atoms with Gasteiger partial charge in [0.2, 0.25) is 0 Å². The first kappa shape index (κ1) is 7.13. The lowest BCUT2D eigenvalue weighted by Gasteiger charge is -1.98. The van der Waals surface area contributed by atoms with Gasteiger partial charge in [-0.2, -0.15) is 0 Å². The first-order valence-corrected chi connectivity index (χ1v) is 4.17. The quantitative estimate of drug-likeness (QED) is 0.715. The summed E-state index contributed by atoms with van der Waals surface area (Å²) in [5, 5.41) is 9.33. The Hall–Kier alpha value is -0.540. The highest BCUT2D eigenvalue weighted by atomic mass is 79.9. The van der Waals surface area contributed by atoms with Crippen molar-refractivity contribution >= 4 is 15.9 Å². The van der Waals surface area contributed by atoms with Crippen molar-refractivity contribution in [2.75, 3.05) is 6.61 Å². The van der Waals surface area contributed by atoms with Crippen molar-refractivity contribution in [3.8, 4) is 5.75 Å². The van der Waals surface area contributed by atoms with E-state index in [1.165, 1.54) is 0 Å². The van der Waals surface area contributed by atoms with Crippen molar-refractivity contribution in [2.45, 2.75) is 6.10 Å². The highest BCUT2D eigenvalue weighted by Crippen LogP contribution is 2.33. The van der Waals surface area contributed by atoms with Crippen LogP contribution in [0.2, 0.25) is 0 Å². The first-order valence-electron chi connectivity index (χ1n) is 3.37. The van der Waals surface area contributed by atoms with Gasteiger partial charge in [-0.15, -0.1) is 0 Å². The Kier molecular flexibility index (Phi) is 1.62. The maximum absolute atomic E-state index is 9.33. The van der Waals surface area contributed by atoms with Crippen molar-refractivity contribution in [1.29, 1.82) is 0 Å². The lowest BCUT2D eigenvalue weighted by atomic mass is 10.1. The summed E-state index contributed by atoms with van der Waals surface area (Å²) in [5.41, 5.74) is 0.883. The Bertz CT molecular complexity index is 285. The molecular weight excluding hydrogens is 208 g/mol. The van der Waals surface area contributed by atoms with E-state index >= 15 is 0 Å². The molecule has 1 aromatic carbocycles. The van der Waals surface area contributed by atoms with Crippen LogP contribution < -0.4 is 4.74 Å². The molecule has 0 radical (unpaired) electrons. The Labute approximate surface area is 72.9 Å². The average Bonchev–Trinajstić information content (AvgIpc) is 2.32. The maximum atomic E-state index is 9.33. The maximum Gasteiger partial charge on any atom is 0.126 e. The highest BCUT2D eigenvalue weighted by molar-refractivity contribution is 9.10. The van der Waals surface area contributed by atoms with Gasteiger partial charge in [0, 0.05) is 10.0 Å². The minimum atomic E-state index is -0.446. The molecule has 0 saturated carbocycles. The summed E-state index contributed by atoms with van der Waals surface area (Å²) in [4.78, 5) is 0. The monoisotopic (exact) mass is 214 g/mol. The van der Waals surface area contributed by atoms with Crippen molar-refractivity contribution in [3.05, 3.63) is 28.2 Å². The molecule has 0 unspecified atom stereocenters. The number of halogens is 1. The number of ether oxygens (including phenoxy) is 1. The largest absolute Gasteiger partial charge is 0.490 e. The summed E-state index contributed by atoms with van der Waals surface area (Å²) in [6.07, 6.45) is -0.446. The van der Waals surface area contributed by atoms with Gasteiger partial charge in [-0.3, -0.25) is 0 Å². The number of hydrogen-bond acceptors (Lipinski definition) is 2. The molecule has 0 fully saturated rings. The van der Waals surface area contributed by atoms with Crippen LogP contribution in [-0.4, -0.2) is 11.7 Å². The van der Waals surface area contributed by atoms with Gasteiger partial charge < -0.3 is 9.84 Å². The Morgan fingerprint density at radius 3 is 3.18 bits per heavy atom. The number of aliphatic hydroxyl groups is 1. The van der Waals surface area contributed by atoms with E-state index in [4.69, 9.17) is 4.74 Å². The number of hydrogen-bond donors (Lipinski definition) is 1. The lowest BCUT2D eigenvalue weighted by molar-refractivity contribution is 0.140. The van der Waals surface area contributed by atoms with Gasteiger partial charge in [0.1, 0.15) is 18.5 Å². The zero-order chi connectivity index (χ0) is 7.84. The predicted octanol–water partition coefficient (Wildman–Crippen LogP) is 1.87. The van der Waals surface area contributed by atoms with E-state index in [1.807, 2.05) is 18.2 Å². The van der Waals surface area contributed by atoms with E-state index < -0.39 is 6.10 Å². The van der Waals surface area contributed by atoms with Crippen LogP contribution in [0.4, 0.5) is 0 Å². The molecule has 1 N–H and O–H groups in total. The molecule has 1 aliphatic heterocycles. The Morgan fingerprint density at radius 2 is 2.36 bits per heavy atom. The van der Waals surface area contributed by atoms with Crippen LogP contribution in [0.25, 0.3) is 0 Å². The summed E-state index contributed by atoms with van der Waals surface area (Å²) < 4.78 is 6.19. The molecule has 0 aromatic heterocycles. The third-order valence-corrected chi connectivity index (χ3v) is 2.22. The molecule has 2 rings (SSSR count).